The van der Waals surface area contributed by atoms with Gasteiger partial charge in [-0.05, 0) is 0 Å². The summed E-state index contributed by atoms with van der Waals surface area (Å²) >= 11 is -2.82. The Balaban J connectivity index is 5.26. The van der Waals surface area contributed by atoms with Crippen LogP contribution in [0.5, 0.6) is 0 Å². The SMILES string of the molecule is CC(=O)CC(=O)[CH2][Ti]([CH2]C(=O)CC(C)=O)([CH](C)C)[CH](C)C. The van der Waals surface area contributed by atoms with Crippen LogP contribution in [0.2, 0.25) is 17.9 Å². The van der Waals surface area contributed by atoms with E-state index in [0.717, 1.165) is 0 Å². The second-order valence-electron chi connectivity index (χ2n) is 6.73. The van der Waals surface area contributed by atoms with Gasteiger partial charge in [0.1, 0.15) is 0 Å². The molecule has 5 heteroatoms. The fraction of sp³-hybridized carbons (Fsp3) is 0.750. The van der Waals surface area contributed by atoms with Gasteiger partial charge in [0.25, 0.3) is 0 Å². The van der Waals surface area contributed by atoms with Crippen LogP contribution in [-0.4, -0.2) is 23.1 Å². The molecule has 0 bridgehead atoms. The van der Waals surface area contributed by atoms with Gasteiger partial charge in [0.2, 0.25) is 0 Å². The van der Waals surface area contributed by atoms with E-state index in [9.17, 15) is 19.2 Å². The van der Waals surface area contributed by atoms with Crippen LogP contribution in [0.4, 0.5) is 0 Å². The van der Waals surface area contributed by atoms with Crippen molar-refractivity contribution in [2.45, 2.75) is 72.3 Å². The Labute approximate surface area is 131 Å². The van der Waals surface area contributed by atoms with E-state index in [1.807, 2.05) is 0 Å². The van der Waals surface area contributed by atoms with Gasteiger partial charge in [-0.15, -0.1) is 0 Å². The van der Waals surface area contributed by atoms with Crippen molar-refractivity contribution >= 4 is 23.1 Å². The molecule has 0 radical (unpaired) electrons. The number of hydrogen-bond donors (Lipinski definition) is 0. The van der Waals surface area contributed by atoms with Gasteiger partial charge in [0, 0.05) is 0 Å². The first-order chi connectivity index (χ1) is 9.51. The van der Waals surface area contributed by atoms with Gasteiger partial charge in [-0.3, -0.25) is 0 Å². The van der Waals surface area contributed by atoms with E-state index < -0.39 is 16.6 Å². The van der Waals surface area contributed by atoms with Crippen LogP contribution < -0.4 is 0 Å². The van der Waals surface area contributed by atoms with Gasteiger partial charge in [0.05, 0.1) is 0 Å². The molecule has 0 atom stereocenters. The average molecular weight is 332 g/mol. The molecule has 0 amide bonds. The summed E-state index contributed by atoms with van der Waals surface area (Å²) in [5.74, 6) is -0.334. The van der Waals surface area contributed by atoms with Crippen LogP contribution in [0, 0.1) is 0 Å². The van der Waals surface area contributed by atoms with Crippen molar-refractivity contribution < 1.29 is 35.8 Å². The Morgan fingerprint density at radius 3 is 1.19 bits per heavy atom. The zero-order valence-corrected chi connectivity index (χ0v) is 15.7. The number of rotatable bonds is 10. The van der Waals surface area contributed by atoms with Crippen molar-refractivity contribution in [2.75, 3.05) is 0 Å². The summed E-state index contributed by atoms with van der Waals surface area (Å²) in [7, 11) is 0. The zero-order chi connectivity index (χ0) is 16.8. The molecule has 21 heavy (non-hydrogen) atoms. The summed E-state index contributed by atoms with van der Waals surface area (Å²) in [5, 5.41) is 0. The molecule has 0 fully saturated rings. The Morgan fingerprint density at radius 2 is 1.00 bits per heavy atom. The summed E-state index contributed by atoms with van der Waals surface area (Å²) in [6.45, 7) is 11.1. The van der Waals surface area contributed by atoms with E-state index >= 15 is 0 Å². The first kappa shape index (κ1) is 20.4. The molecule has 0 aliphatic rings. The monoisotopic (exact) mass is 332 g/mol. The summed E-state index contributed by atoms with van der Waals surface area (Å²) in [6.07, 6.45) is -0.0688. The summed E-state index contributed by atoms with van der Waals surface area (Å²) in [6, 6.07) is 0. The van der Waals surface area contributed by atoms with Gasteiger partial charge < -0.3 is 0 Å². The van der Waals surface area contributed by atoms with E-state index in [0.29, 0.717) is 17.9 Å². The molecule has 0 heterocycles. The Hall–Kier alpha value is -0.606. The van der Waals surface area contributed by atoms with E-state index in [1.165, 1.54) is 13.8 Å². The summed E-state index contributed by atoms with van der Waals surface area (Å²) < 4.78 is 1.41. The van der Waals surface area contributed by atoms with Crippen molar-refractivity contribution in [1.29, 1.82) is 0 Å². The number of hydrogen-bond acceptors (Lipinski definition) is 4. The van der Waals surface area contributed by atoms with Crippen LogP contribution in [0.25, 0.3) is 0 Å². The predicted molar refractivity (Wildman–Crippen MR) is 80.4 cm³/mol. The molecule has 4 nitrogen and oxygen atoms in total. The van der Waals surface area contributed by atoms with E-state index in [2.05, 4.69) is 27.7 Å². The third kappa shape index (κ3) is 6.79. The molecule has 0 aromatic heterocycles. The third-order valence-electron chi connectivity index (χ3n) is 4.24. The maximum absolute atomic E-state index is 12.1. The van der Waals surface area contributed by atoms with E-state index in [-0.39, 0.29) is 36.0 Å². The molecule has 0 aliphatic carbocycles. The molecule has 120 valence electrons. The van der Waals surface area contributed by atoms with Gasteiger partial charge in [-0.1, -0.05) is 0 Å². The molecule has 0 saturated heterocycles. The van der Waals surface area contributed by atoms with E-state index in [4.69, 9.17) is 0 Å². The van der Waals surface area contributed by atoms with Crippen molar-refractivity contribution in [3.8, 4) is 0 Å². The van der Waals surface area contributed by atoms with Crippen LogP contribution in [0.1, 0.15) is 54.4 Å². The summed E-state index contributed by atoms with van der Waals surface area (Å²) in [4.78, 5) is 46.5. The van der Waals surface area contributed by atoms with Crippen LogP contribution in [-0.2, 0) is 35.8 Å². The molecule has 0 saturated carbocycles. The van der Waals surface area contributed by atoms with Crippen molar-refractivity contribution in [2.24, 2.45) is 0 Å². The molecular formula is C16H28O4Ti. The number of carbonyl (C=O) groups excluding carboxylic acids is 4. The maximum atomic E-state index is 12.1. The topological polar surface area (TPSA) is 68.3 Å². The van der Waals surface area contributed by atoms with Gasteiger partial charge in [0.15, 0.2) is 0 Å². The van der Waals surface area contributed by atoms with Gasteiger partial charge >= 0.3 is 131 Å². The minimum atomic E-state index is -2.82. The predicted octanol–water partition coefficient (Wildman–Crippen LogP) is 3.73. The molecule has 0 aromatic carbocycles. The standard InChI is InChI=1S/2C5H7O2.2C3H7.Ti/c2*1-4(6)3-5(2)7;2*1-3-2;/h2*1,3H2,2H3;2*3H,1-2H3;. The molecule has 0 aliphatic heterocycles. The Morgan fingerprint density at radius 1 is 0.714 bits per heavy atom. The second-order valence-corrected chi connectivity index (χ2v) is 15.3. The fourth-order valence-electron chi connectivity index (χ4n) is 2.96. The van der Waals surface area contributed by atoms with Gasteiger partial charge in [-0.2, -0.15) is 0 Å². The first-order valence-corrected chi connectivity index (χ1v) is 11.5. The van der Waals surface area contributed by atoms with E-state index in [1.54, 1.807) is 0 Å². The normalized spacial score (nSPS) is 11.8. The van der Waals surface area contributed by atoms with Gasteiger partial charge in [-0.25, -0.2) is 0 Å². The number of Topliss-reactive ketones (excluding diaryl/α,β-unsaturated/α-hetero) is 4. The minimum absolute atomic E-state index is 0.0344. The molecule has 0 aromatic rings. The second kappa shape index (κ2) is 8.74. The Kier molecular flexibility index (Phi) is 8.49. The van der Waals surface area contributed by atoms with Crippen LogP contribution in [0.15, 0.2) is 0 Å². The molecule has 0 unspecified atom stereocenters. The molecule has 0 rings (SSSR count). The molecule has 0 N–H and O–H groups in total. The van der Waals surface area contributed by atoms with Crippen LogP contribution in [0.3, 0.4) is 0 Å². The van der Waals surface area contributed by atoms with Crippen molar-refractivity contribution in [3.63, 3.8) is 0 Å². The zero-order valence-electron chi connectivity index (χ0n) is 14.1. The number of ketones is 4. The fourth-order valence-corrected chi connectivity index (χ4v) is 10.5. The quantitative estimate of drug-likeness (QED) is 0.451. The molecular weight excluding hydrogens is 304 g/mol. The third-order valence-corrected chi connectivity index (χ3v) is 14.7. The Bertz CT molecular complexity index is 384. The summed E-state index contributed by atoms with van der Waals surface area (Å²) in [5.41, 5.74) is 0. The molecule has 0 spiro atoms. The average Bonchev–Trinajstić information content (AvgIpc) is 2.24. The first-order valence-electron chi connectivity index (χ1n) is 7.53. The van der Waals surface area contributed by atoms with Crippen molar-refractivity contribution in [3.05, 3.63) is 0 Å². The number of carbonyl (C=O) groups is 4. The van der Waals surface area contributed by atoms with Crippen LogP contribution >= 0.6 is 0 Å². The van der Waals surface area contributed by atoms with Crippen molar-refractivity contribution in [1.82, 2.24) is 0 Å².